The molecule has 5 heteroatoms. The van der Waals surface area contributed by atoms with Crippen molar-refractivity contribution in [3.63, 3.8) is 0 Å². The molecule has 3 aromatic rings. The molecule has 0 N–H and O–H groups in total. The Hall–Kier alpha value is -3.11. The minimum Gasteiger partial charge on any atom is -0.299 e. The lowest BCUT2D eigenvalue weighted by Gasteiger charge is -2.05. The van der Waals surface area contributed by atoms with E-state index in [-0.39, 0.29) is 5.28 Å². The van der Waals surface area contributed by atoms with Gasteiger partial charge in [-0.1, -0.05) is 66.8 Å². The molecule has 0 saturated heterocycles. The van der Waals surface area contributed by atoms with Gasteiger partial charge in [-0.3, -0.25) is 4.79 Å². The Kier molecular flexibility index (Phi) is 5.44. The van der Waals surface area contributed by atoms with Crippen LogP contribution in [0.5, 0.6) is 0 Å². The number of rotatable bonds is 5. The SMILES string of the molecule is O=C/C=C\C=C\c1cccc(-c2nc(Cl)nc(-c3ccccc3)n2)c1. The largest absolute Gasteiger partial charge is 0.299 e. The Morgan fingerprint density at radius 3 is 2.24 bits per heavy atom. The van der Waals surface area contributed by atoms with Crippen LogP contribution < -0.4 is 0 Å². The molecule has 25 heavy (non-hydrogen) atoms. The number of halogens is 1. The van der Waals surface area contributed by atoms with Crippen LogP contribution in [0, 0.1) is 0 Å². The zero-order valence-corrected chi connectivity index (χ0v) is 14.0. The number of aromatic nitrogens is 3. The summed E-state index contributed by atoms with van der Waals surface area (Å²) in [5.41, 5.74) is 2.68. The average Bonchev–Trinajstić information content (AvgIpc) is 2.66. The number of aldehydes is 1. The van der Waals surface area contributed by atoms with Crippen molar-refractivity contribution in [1.29, 1.82) is 0 Å². The first-order valence-electron chi connectivity index (χ1n) is 7.62. The molecule has 0 fully saturated rings. The molecule has 0 aliphatic carbocycles. The van der Waals surface area contributed by atoms with E-state index in [1.807, 2.05) is 60.7 Å². The van der Waals surface area contributed by atoms with Crippen LogP contribution in [-0.4, -0.2) is 21.2 Å². The van der Waals surface area contributed by atoms with Crippen molar-refractivity contribution in [2.75, 3.05) is 0 Å². The molecule has 0 bridgehead atoms. The quantitative estimate of drug-likeness (QED) is 0.383. The summed E-state index contributed by atoms with van der Waals surface area (Å²) in [5, 5.41) is 0.152. The standard InChI is InChI=1S/C20H14ClN3O/c21-20-23-18(16-10-4-1-5-11-16)22-19(24-20)17-12-7-9-15(14-17)8-3-2-6-13-25/h1-14H/b6-2-,8-3+. The van der Waals surface area contributed by atoms with E-state index in [1.165, 1.54) is 6.08 Å². The molecule has 0 aliphatic heterocycles. The second-order valence-corrected chi connectivity index (χ2v) is 5.46. The lowest BCUT2D eigenvalue weighted by Crippen LogP contribution is -1.97. The number of benzene rings is 2. The second kappa shape index (κ2) is 8.13. The molecular weight excluding hydrogens is 334 g/mol. The minimum absolute atomic E-state index is 0.152. The molecule has 1 heterocycles. The topological polar surface area (TPSA) is 55.7 Å². The first-order chi connectivity index (χ1) is 12.3. The summed E-state index contributed by atoms with van der Waals surface area (Å²) in [6, 6.07) is 17.4. The number of nitrogens with zero attached hydrogens (tertiary/aromatic N) is 3. The zero-order chi connectivity index (χ0) is 17.5. The molecule has 0 amide bonds. The number of allylic oxidation sites excluding steroid dienone is 3. The Labute approximate surface area is 150 Å². The lowest BCUT2D eigenvalue weighted by atomic mass is 10.1. The molecule has 0 aliphatic rings. The molecule has 3 rings (SSSR count). The summed E-state index contributed by atoms with van der Waals surface area (Å²) >= 11 is 6.09. The summed E-state index contributed by atoms with van der Waals surface area (Å²) in [5.74, 6) is 1.04. The van der Waals surface area contributed by atoms with Crippen molar-refractivity contribution in [3.05, 3.63) is 83.7 Å². The monoisotopic (exact) mass is 347 g/mol. The van der Waals surface area contributed by atoms with Crippen LogP contribution in [-0.2, 0) is 4.79 Å². The van der Waals surface area contributed by atoms with Gasteiger partial charge in [-0.15, -0.1) is 0 Å². The van der Waals surface area contributed by atoms with Crippen LogP contribution in [0.25, 0.3) is 28.9 Å². The van der Waals surface area contributed by atoms with Crippen LogP contribution >= 0.6 is 11.6 Å². The van der Waals surface area contributed by atoms with Crippen LogP contribution in [0.4, 0.5) is 0 Å². The van der Waals surface area contributed by atoms with E-state index in [9.17, 15) is 4.79 Å². The molecule has 122 valence electrons. The van der Waals surface area contributed by atoms with Crippen molar-refractivity contribution in [2.45, 2.75) is 0 Å². The smallest absolute Gasteiger partial charge is 0.226 e. The molecule has 4 nitrogen and oxygen atoms in total. The average molecular weight is 348 g/mol. The Balaban J connectivity index is 1.97. The fourth-order valence-corrected chi connectivity index (χ4v) is 2.41. The Morgan fingerprint density at radius 2 is 1.48 bits per heavy atom. The highest BCUT2D eigenvalue weighted by atomic mass is 35.5. The Morgan fingerprint density at radius 1 is 0.760 bits per heavy atom. The van der Waals surface area contributed by atoms with Gasteiger partial charge in [0.25, 0.3) is 0 Å². The molecule has 0 atom stereocenters. The first-order valence-corrected chi connectivity index (χ1v) is 8.00. The van der Waals surface area contributed by atoms with E-state index in [0.717, 1.165) is 23.0 Å². The van der Waals surface area contributed by atoms with Crippen LogP contribution in [0.1, 0.15) is 5.56 Å². The summed E-state index contributed by atoms with van der Waals surface area (Å²) in [4.78, 5) is 23.3. The highest BCUT2D eigenvalue weighted by Gasteiger charge is 2.09. The van der Waals surface area contributed by atoms with Crippen molar-refractivity contribution < 1.29 is 4.79 Å². The fourth-order valence-electron chi connectivity index (χ4n) is 2.25. The van der Waals surface area contributed by atoms with Gasteiger partial charge in [-0.05, 0) is 29.3 Å². The van der Waals surface area contributed by atoms with Gasteiger partial charge in [-0.2, -0.15) is 9.97 Å². The molecule has 0 unspecified atom stereocenters. The molecule has 1 aromatic heterocycles. The maximum Gasteiger partial charge on any atom is 0.226 e. The summed E-state index contributed by atoms with van der Waals surface area (Å²) in [6.45, 7) is 0. The summed E-state index contributed by atoms with van der Waals surface area (Å²) < 4.78 is 0. The Bertz CT molecular complexity index is 937. The third-order valence-corrected chi connectivity index (χ3v) is 3.54. The summed E-state index contributed by atoms with van der Waals surface area (Å²) in [7, 11) is 0. The van der Waals surface area contributed by atoms with Crippen LogP contribution in [0.15, 0.2) is 72.8 Å². The zero-order valence-electron chi connectivity index (χ0n) is 13.2. The molecular formula is C20H14ClN3O. The summed E-state index contributed by atoms with van der Waals surface area (Å²) in [6.07, 6.45) is 7.53. The van der Waals surface area contributed by atoms with E-state index in [2.05, 4.69) is 15.0 Å². The fraction of sp³-hybridized carbons (Fsp3) is 0. The van der Waals surface area contributed by atoms with Gasteiger partial charge >= 0.3 is 0 Å². The van der Waals surface area contributed by atoms with E-state index < -0.39 is 0 Å². The van der Waals surface area contributed by atoms with E-state index in [0.29, 0.717) is 11.6 Å². The van der Waals surface area contributed by atoms with Gasteiger partial charge in [0, 0.05) is 11.1 Å². The van der Waals surface area contributed by atoms with Gasteiger partial charge < -0.3 is 0 Å². The van der Waals surface area contributed by atoms with Gasteiger partial charge in [0.05, 0.1) is 0 Å². The normalized spacial score (nSPS) is 11.2. The minimum atomic E-state index is 0.152. The second-order valence-electron chi connectivity index (χ2n) is 5.12. The van der Waals surface area contributed by atoms with Gasteiger partial charge in [0.1, 0.15) is 6.29 Å². The number of hydrogen-bond donors (Lipinski definition) is 0. The molecule has 0 saturated carbocycles. The van der Waals surface area contributed by atoms with Crippen molar-refractivity contribution in [1.82, 2.24) is 15.0 Å². The van der Waals surface area contributed by atoms with E-state index >= 15 is 0 Å². The maximum absolute atomic E-state index is 10.3. The maximum atomic E-state index is 10.3. The first kappa shape index (κ1) is 16.7. The number of carbonyl (C=O) groups excluding carboxylic acids is 1. The third kappa shape index (κ3) is 4.46. The van der Waals surface area contributed by atoms with Gasteiger partial charge in [0.2, 0.25) is 5.28 Å². The molecule has 0 radical (unpaired) electrons. The van der Waals surface area contributed by atoms with Crippen molar-refractivity contribution in [2.24, 2.45) is 0 Å². The number of carbonyl (C=O) groups is 1. The van der Waals surface area contributed by atoms with E-state index in [4.69, 9.17) is 11.6 Å². The van der Waals surface area contributed by atoms with Crippen molar-refractivity contribution >= 4 is 24.0 Å². The van der Waals surface area contributed by atoms with Gasteiger partial charge in [-0.25, -0.2) is 4.98 Å². The highest BCUT2D eigenvalue weighted by molar-refractivity contribution is 6.28. The predicted molar refractivity (Wildman–Crippen MR) is 99.9 cm³/mol. The van der Waals surface area contributed by atoms with Crippen LogP contribution in [0.3, 0.4) is 0 Å². The van der Waals surface area contributed by atoms with E-state index in [1.54, 1.807) is 12.2 Å². The van der Waals surface area contributed by atoms with Crippen LogP contribution in [0.2, 0.25) is 5.28 Å². The predicted octanol–water partition coefficient (Wildman–Crippen LogP) is 4.63. The highest BCUT2D eigenvalue weighted by Crippen LogP contribution is 2.22. The van der Waals surface area contributed by atoms with Crippen molar-refractivity contribution in [3.8, 4) is 22.8 Å². The number of hydrogen-bond acceptors (Lipinski definition) is 4. The van der Waals surface area contributed by atoms with Gasteiger partial charge in [0.15, 0.2) is 11.6 Å². The lowest BCUT2D eigenvalue weighted by molar-refractivity contribution is -0.104. The molecule has 2 aromatic carbocycles. The third-order valence-electron chi connectivity index (χ3n) is 3.37. The molecule has 0 spiro atoms.